The lowest BCUT2D eigenvalue weighted by molar-refractivity contribution is -0.366. The summed E-state index contributed by atoms with van der Waals surface area (Å²) in [5.41, 5.74) is -7.76. The molecule has 2 heterocycles. The van der Waals surface area contributed by atoms with E-state index in [0.29, 0.717) is 5.56 Å². The Bertz CT molecular complexity index is 2560. The van der Waals surface area contributed by atoms with Gasteiger partial charge in [0.2, 0.25) is 0 Å². The molecule has 19 heteroatoms. The quantitative estimate of drug-likeness (QED) is 0.0862. The molecule has 3 aromatic rings. The molecule has 6 N–H and O–H groups in total. The van der Waals surface area contributed by atoms with E-state index in [0.717, 1.165) is 13.8 Å². The van der Waals surface area contributed by atoms with Crippen molar-refractivity contribution in [3.63, 3.8) is 0 Å². The first-order valence-corrected chi connectivity index (χ1v) is 23.4. The average Bonchev–Trinajstić information content (AvgIpc) is 3.34. The largest absolute Gasteiger partial charge is 0.456 e. The Morgan fingerprint density at radius 1 is 0.789 bits per heavy atom. The van der Waals surface area contributed by atoms with Gasteiger partial charge >= 0.3 is 23.9 Å². The molecule has 3 aliphatic carbocycles. The molecule has 1 amide bonds. The zero-order valence-electron chi connectivity index (χ0n) is 40.0. The van der Waals surface area contributed by atoms with Crippen molar-refractivity contribution in [2.75, 3.05) is 13.2 Å². The number of esters is 4. The van der Waals surface area contributed by atoms with Gasteiger partial charge in [-0.2, -0.15) is 0 Å². The Kier molecular flexibility index (Phi) is 14.2. The highest BCUT2D eigenvalue weighted by Gasteiger charge is 2.79. The number of aliphatic hydroxyl groups is 5. The molecule has 8 rings (SSSR count). The van der Waals surface area contributed by atoms with Crippen LogP contribution in [0, 0.1) is 16.7 Å². The molecule has 0 spiro atoms. The van der Waals surface area contributed by atoms with Crippen LogP contribution in [0.3, 0.4) is 0 Å². The predicted molar refractivity (Wildman–Crippen MR) is 244 cm³/mol. The number of amides is 1. The van der Waals surface area contributed by atoms with Gasteiger partial charge in [-0.25, -0.2) is 9.59 Å². The molecule has 2 saturated heterocycles. The number of ether oxygens (including phenoxy) is 7. The minimum absolute atomic E-state index is 0.0120. The maximum absolute atomic E-state index is 16.2. The predicted octanol–water partition coefficient (Wildman–Crippen LogP) is 2.20. The molecule has 3 aromatic carbocycles. The summed E-state index contributed by atoms with van der Waals surface area (Å²) < 4.78 is 43.1. The highest BCUT2D eigenvalue weighted by Crippen LogP contribution is 2.65. The summed E-state index contributed by atoms with van der Waals surface area (Å²) in [6.45, 7) is 7.24. The van der Waals surface area contributed by atoms with Crippen molar-refractivity contribution in [3.8, 4) is 0 Å². The molecule has 4 fully saturated rings. The van der Waals surface area contributed by atoms with Crippen LogP contribution in [0.5, 0.6) is 0 Å². The van der Waals surface area contributed by atoms with Gasteiger partial charge in [0.15, 0.2) is 29.9 Å². The second-order valence-corrected chi connectivity index (χ2v) is 19.7. The van der Waals surface area contributed by atoms with E-state index in [4.69, 9.17) is 33.2 Å². The first-order chi connectivity index (χ1) is 33.6. The number of nitrogens with one attached hydrogen (secondary N) is 1. The molecule has 0 aromatic heterocycles. The van der Waals surface area contributed by atoms with Crippen molar-refractivity contribution in [2.45, 2.75) is 133 Å². The molecule has 1 unspecified atom stereocenters. The van der Waals surface area contributed by atoms with Gasteiger partial charge in [0, 0.05) is 37.7 Å². The van der Waals surface area contributed by atoms with Crippen LogP contribution in [0.25, 0.3) is 0 Å². The van der Waals surface area contributed by atoms with Gasteiger partial charge in [-0.1, -0.05) is 80.6 Å². The van der Waals surface area contributed by atoms with Crippen molar-refractivity contribution in [1.29, 1.82) is 0 Å². The van der Waals surface area contributed by atoms with E-state index in [1.165, 1.54) is 39.8 Å². The number of benzene rings is 3. The summed E-state index contributed by atoms with van der Waals surface area (Å²) in [4.78, 5) is 85.6. The van der Waals surface area contributed by atoms with Crippen LogP contribution in [-0.2, 0) is 52.3 Å². The standard InChI is InChI=1S/C52H59NO18/c1-26-33(68-47(63)39(58)37(29-16-10-7-11-17-29)53-45(61)30-18-12-8-13-19-30)23-52(64)44(70-46(62)31-20-14-9-15-21-31)42-50(6,43(60)41(67-27(2)54)36(26)49(52,4)5)34(22-35-51(42,25-66-35)71-28(3)55)69-48-40(59)38(57)32(56)24-65-48/h7-21,32-35,37-42,44,48,56-59,64H,22-25H2,1-6H3,(H,53,61)/t32-,33+,34+,35-,37+,38+,39-,40-,41-,42?,44+,48+,50-,51+,52-/m1/s1. The van der Waals surface area contributed by atoms with E-state index >= 15 is 4.79 Å². The number of hydrogen-bond acceptors (Lipinski definition) is 18. The van der Waals surface area contributed by atoms with Crippen molar-refractivity contribution < 1.29 is 87.5 Å². The van der Waals surface area contributed by atoms with Gasteiger partial charge in [-0.05, 0) is 54.8 Å². The van der Waals surface area contributed by atoms with Crippen molar-refractivity contribution in [2.24, 2.45) is 16.7 Å². The van der Waals surface area contributed by atoms with E-state index in [1.807, 2.05) is 0 Å². The van der Waals surface area contributed by atoms with Crippen LogP contribution < -0.4 is 5.32 Å². The fourth-order valence-corrected chi connectivity index (χ4v) is 11.4. The number of fused-ring (bicyclic) bond motifs is 5. The zero-order chi connectivity index (χ0) is 51.4. The minimum atomic E-state index is -2.51. The van der Waals surface area contributed by atoms with Crippen LogP contribution in [-0.4, -0.2) is 147 Å². The first kappa shape index (κ1) is 51.5. The van der Waals surface area contributed by atoms with Gasteiger partial charge in [-0.3, -0.25) is 19.2 Å². The van der Waals surface area contributed by atoms with Gasteiger partial charge in [0.1, 0.15) is 42.2 Å². The highest BCUT2D eigenvalue weighted by atomic mass is 16.7. The van der Waals surface area contributed by atoms with E-state index in [1.54, 1.807) is 78.9 Å². The molecule has 5 aliphatic rings. The molecular formula is C52H59NO18. The third-order valence-corrected chi connectivity index (χ3v) is 15.2. The zero-order valence-corrected chi connectivity index (χ0v) is 40.0. The van der Waals surface area contributed by atoms with E-state index in [-0.39, 0.29) is 28.7 Å². The first-order valence-electron chi connectivity index (χ1n) is 23.4. The SMILES string of the molecule is CC(=O)O[C@H]1C(=O)[C@@]2(C)C([C@H](OC(=O)c3ccccc3)[C@]3(O)C[C@H](OC(=O)[C@H](O)[C@@H](NC(=O)c4ccccc4)c4ccccc4)C(C)=C1C3(C)C)[C@]1(OC(C)=O)CO[C@@H]1C[C@@H]2O[C@@H]1OC[C@@H](O)[C@H](O)[C@H]1O. The lowest BCUT2D eigenvalue weighted by Crippen LogP contribution is -2.82. The van der Waals surface area contributed by atoms with Gasteiger partial charge in [0.05, 0.1) is 42.3 Å². The number of carbonyl (C=O) groups excluding carboxylic acids is 6. The number of hydrogen-bond donors (Lipinski definition) is 6. The van der Waals surface area contributed by atoms with Crippen LogP contribution in [0.2, 0.25) is 0 Å². The number of aliphatic hydroxyl groups excluding tert-OH is 4. The monoisotopic (exact) mass is 985 g/mol. The molecule has 2 aliphatic heterocycles. The molecule has 2 saturated carbocycles. The fraction of sp³-hybridized carbons (Fsp3) is 0.500. The molecular weight excluding hydrogens is 927 g/mol. The van der Waals surface area contributed by atoms with Gasteiger partial charge in [0.25, 0.3) is 5.91 Å². The minimum Gasteiger partial charge on any atom is -0.456 e. The topological polar surface area (TPSA) is 280 Å². The lowest BCUT2D eigenvalue weighted by Gasteiger charge is -2.68. The summed E-state index contributed by atoms with van der Waals surface area (Å²) in [5, 5.41) is 60.8. The van der Waals surface area contributed by atoms with E-state index < -0.39 is 150 Å². The second-order valence-electron chi connectivity index (χ2n) is 19.7. The van der Waals surface area contributed by atoms with Crippen molar-refractivity contribution in [1.82, 2.24) is 5.32 Å². The fourth-order valence-electron chi connectivity index (χ4n) is 11.4. The summed E-state index contributed by atoms with van der Waals surface area (Å²) in [7, 11) is 0. The molecule has 0 radical (unpaired) electrons. The Morgan fingerprint density at radius 3 is 1.97 bits per heavy atom. The van der Waals surface area contributed by atoms with E-state index in [2.05, 4.69) is 5.32 Å². The van der Waals surface area contributed by atoms with Crippen LogP contribution in [0.15, 0.2) is 102 Å². The van der Waals surface area contributed by atoms with Gasteiger partial charge < -0.3 is 64.0 Å². The maximum Gasteiger partial charge on any atom is 0.338 e. The Labute approximate surface area is 409 Å². The maximum atomic E-state index is 16.2. The third-order valence-electron chi connectivity index (χ3n) is 15.2. The Balaban J connectivity index is 1.30. The Hall–Kier alpha value is -5.90. The van der Waals surface area contributed by atoms with Crippen molar-refractivity contribution >= 4 is 35.6 Å². The summed E-state index contributed by atoms with van der Waals surface area (Å²) in [6.07, 6.45) is -17.9. The van der Waals surface area contributed by atoms with Crippen LogP contribution >= 0.6 is 0 Å². The number of ketones is 1. The Morgan fingerprint density at radius 2 is 1.39 bits per heavy atom. The molecule has 380 valence electrons. The van der Waals surface area contributed by atoms with E-state index in [9.17, 15) is 49.5 Å². The van der Waals surface area contributed by atoms with Gasteiger partial charge in [-0.15, -0.1) is 0 Å². The molecule has 2 bridgehead atoms. The number of carbonyl (C=O) groups is 6. The molecule has 19 nitrogen and oxygen atoms in total. The lowest BCUT2D eigenvalue weighted by atomic mass is 9.44. The normalized spacial score (nSPS) is 34.8. The molecule has 71 heavy (non-hydrogen) atoms. The number of rotatable bonds is 12. The summed E-state index contributed by atoms with van der Waals surface area (Å²) >= 11 is 0. The van der Waals surface area contributed by atoms with Crippen LogP contribution in [0.4, 0.5) is 0 Å². The molecule has 15 atom stereocenters. The summed E-state index contributed by atoms with van der Waals surface area (Å²) in [5.74, 6) is -7.31. The summed E-state index contributed by atoms with van der Waals surface area (Å²) in [6, 6.07) is 22.6. The highest BCUT2D eigenvalue weighted by molar-refractivity contribution is 5.96. The second kappa shape index (κ2) is 19.6. The smallest absolute Gasteiger partial charge is 0.338 e. The third kappa shape index (κ3) is 8.96. The van der Waals surface area contributed by atoms with Crippen molar-refractivity contribution in [3.05, 3.63) is 119 Å². The average molecular weight is 986 g/mol. The number of Topliss-reactive ketones (excluding diaryl/α,β-unsaturated/α-hetero) is 1. The van der Waals surface area contributed by atoms with Crippen LogP contribution in [0.1, 0.15) is 86.7 Å².